The van der Waals surface area contributed by atoms with Crippen molar-refractivity contribution in [2.45, 2.75) is 50.3 Å². The van der Waals surface area contributed by atoms with Crippen LogP contribution in [0.4, 0.5) is 0 Å². The molecule has 0 saturated carbocycles. The molecule has 134 valence electrons. The molecular formula is C21H27NO2S. The molecule has 2 aromatic carbocycles. The Morgan fingerprint density at radius 1 is 1.16 bits per heavy atom. The standard InChI is InChI=1S/C21H27NO2S/c1-4-9-16(3)22-21(23)17-12-13-20(24-5-2)18(14-17)15-25-19-10-7-6-8-11-19/h6-8,10-14,16H,4-5,9,15H2,1-3H3,(H,22,23)/t16-/m0/s1. The Balaban J connectivity index is 2.13. The van der Waals surface area contributed by atoms with Crippen molar-refractivity contribution in [2.24, 2.45) is 0 Å². The Kier molecular flexibility index (Phi) is 7.86. The number of hydrogen-bond donors (Lipinski definition) is 1. The summed E-state index contributed by atoms with van der Waals surface area (Å²) in [5.41, 5.74) is 1.74. The predicted octanol–water partition coefficient (Wildman–Crippen LogP) is 5.30. The summed E-state index contributed by atoms with van der Waals surface area (Å²) in [5, 5.41) is 3.06. The molecule has 0 bridgehead atoms. The fraction of sp³-hybridized carbons (Fsp3) is 0.381. The summed E-state index contributed by atoms with van der Waals surface area (Å²) in [6.07, 6.45) is 2.04. The van der Waals surface area contributed by atoms with E-state index in [0.29, 0.717) is 12.2 Å². The first kappa shape index (κ1) is 19.4. The highest BCUT2D eigenvalue weighted by atomic mass is 32.2. The first-order valence-corrected chi connectivity index (χ1v) is 9.87. The Bertz CT molecular complexity index is 673. The summed E-state index contributed by atoms with van der Waals surface area (Å²) in [7, 11) is 0. The Hall–Kier alpha value is -1.94. The van der Waals surface area contributed by atoms with E-state index in [2.05, 4.69) is 24.4 Å². The molecule has 3 nitrogen and oxygen atoms in total. The highest BCUT2D eigenvalue weighted by Crippen LogP contribution is 2.29. The SMILES string of the molecule is CCC[C@H](C)NC(=O)c1ccc(OCC)c(CSc2ccccc2)c1. The van der Waals surface area contributed by atoms with Crippen molar-refractivity contribution in [1.29, 1.82) is 0 Å². The first-order valence-electron chi connectivity index (χ1n) is 8.88. The van der Waals surface area contributed by atoms with Crippen molar-refractivity contribution in [3.8, 4) is 5.75 Å². The molecule has 0 aliphatic heterocycles. The van der Waals surface area contributed by atoms with Gasteiger partial charge in [-0.1, -0.05) is 31.5 Å². The Morgan fingerprint density at radius 2 is 1.92 bits per heavy atom. The fourth-order valence-corrected chi connectivity index (χ4v) is 3.52. The molecule has 2 aromatic rings. The van der Waals surface area contributed by atoms with E-state index in [1.165, 1.54) is 4.90 Å². The number of nitrogens with one attached hydrogen (secondary N) is 1. The van der Waals surface area contributed by atoms with Crippen molar-refractivity contribution in [3.05, 3.63) is 59.7 Å². The number of ether oxygens (including phenoxy) is 1. The lowest BCUT2D eigenvalue weighted by molar-refractivity contribution is 0.0938. The fourth-order valence-electron chi connectivity index (χ4n) is 2.62. The molecule has 0 spiro atoms. The summed E-state index contributed by atoms with van der Waals surface area (Å²) in [5.74, 6) is 1.60. The van der Waals surface area contributed by atoms with E-state index in [4.69, 9.17) is 4.74 Å². The van der Waals surface area contributed by atoms with Crippen LogP contribution in [-0.2, 0) is 5.75 Å². The predicted molar refractivity (Wildman–Crippen MR) is 105 cm³/mol. The highest BCUT2D eigenvalue weighted by Gasteiger charge is 2.13. The van der Waals surface area contributed by atoms with E-state index in [1.807, 2.05) is 50.2 Å². The van der Waals surface area contributed by atoms with Crippen LogP contribution in [0.3, 0.4) is 0 Å². The third-order valence-corrected chi connectivity index (χ3v) is 4.92. The minimum Gasteiger partial charge on any atom is -0.494 e. The van der Waals surface area contributed by atoms with Gasteiger partial charge in [-0.05, 0) is 50.6 Å². The topological polar surface area (TPSA) is 38.3 Å². The molecule has 1 amide bonds. The number of hydrogen-bond acceptors (Lipinski definition) is 3. The second-order valence-electron chi connectivity index (χ2n) is 6.02. The van der Waals surface area contributed by atoms with Crippen LogP contribution in [-0.4, -0.2) is 18.6 Å². The van der Waals surface area contributed by atoms with Gasteiger partial charge in [-0.2, -0.15) is 0 Å². The summed E-state index contributed by atoms with van der Waals surface area (Å²) >= 11 is 1.74. The van der Waals surface area contributed by atoms with Crippen molar-refractivity contribution < 1.29 is 9.53 Å². The van der Waals surface area contributed by atoms with Crippen molar-refractivity contribution in [3.63, 3.8) is 0 Å². The van der Waals surface area contributed by atoms with E-state index in [9.17, 15) is 4.79 Å². The smallest absolute Gasteiger partial charge is 0.251 e. The van der Waals surface area contributed by atoms with Gasteiger partial charge in [0.25, 0.3) is 5.91 Å². The van der Waals surface area contributed by atoms with Crippen LogP contribution in [0, 0.1) is 0 Å². The van der Waals surface area contributed by atoms with Crippen LogP contribution in [0.5, 0.6) is 5.75 Å². The van der Waals surface area contributed by atoms with Gasteiger partial charge < -0.3 is 10.1 Å². The van der Waals surface area contributed by atoms with Gasteiger partial charge in [0, 0.05) is 27.8 Å². The minimum atomic E-state index is -0.0186. The van der Waals surface area contributed by atoms with E-state index in [0.717, 1.165) is 29.9 Å². The number of benzene rings is 2. The summed E-state index contributed by atoms with van der Waals surface area (Å²) < 4.78 is 5.73. The van der Waals surface area contributed by atoms with Crippen LogP contribution in [0.15, 0.2) is 53.4 Å². The molecule has 1 atom stereocenters. The average Bonchev–Trinajstić information content (AvgIpc) is 2.62. The molecule has 25 heavy (non-hydrogen) atoms. The maximum absolute atomic E-state index is 12.5. The quantitative estimate of drug-likeness (QED) is 0.619. The van der Waals surface area contributed by atoms with Gasteiger partial charge in [0.2, 0.25) is 0 Å². The van der Waals surface area contributed by atoms with Gasteiger partial charge in [-0.3, -0.25) is 4.79 Å². The van der Waals surface area contributed by atoms with Crippen LogP contribution < -0.4 is 10.1 Å². The zero-order valence-electron chi connectivity index (χ0n) is 15.2. The third kappa shape index (κ3) is 6.13. The van der Waals surface area contributed by atoms with E-state index >= 15 is 0 Å². The number of rotatable bonds is 9. The number of thioether (sulfide) groups is 1. The van der Waals surface area contributed by atoms with E-state index in [1.54, 1.807) is 11.8 Å². The monoisotopic (exact) mass is 357 g/mol. The molecule has 0 fully saturated rings. The van der Waals surface area contributed by atoms with E-state index in [-0.39, 0.29) is 11.9 Å². The second-order valence-corrected chi connectivity index (χ2v) is 7.07. The molecule has 0 heterocycles. The second kappa shape index (κ2) is 10.1. The molecule has 4 heteroatoms. The molecule has 1 N–H and O–H groups in total. The average molecular weight is 358 g/mol. The van der Waals surface area contributed by atoms with Gasteiger partial charge in [-0.25, -0.2) is 0 Å². The van der Waals surface area contributed by atoms with Crippen LogP contribution in [0.25, 0.3) is 0 Å². The summed E-state index contributed by atoms with van der Waals surface area (Å²) in [6.45, 7) is 6.75. The summed E-state index contributed by atoms with van der Waals surface area (Å²) in [6, 6.07) is 16.1. The molecule has 0 aromatic heterocycles. The number of carbonyl (C=O) groups excluding carboxylic acids is 1. The lowest BCUT2D eigenvalue weighted by Gasteiger charge is -2.15. The van der Waals surface area contributed by atoms with Crippen LogP contribution in [0.2, 0.25) is 0 Å². The lowest BCUT2D eigenvalue weighted by Crippen LogP contribution is -2.32. The molecule has 0 aliphatic carbocycles. The van der Waals surface area contributed by atoms with Gasteiger partial charge in [0.05, 0.1) is 6.61 Å². The largest absolute Gasteiger partial charge is 0.494 e. The molecular weight excluding hydrogens is 330 g/mol. The van der Waals surface area contributed by atoms with Crippen LogP contribution >= 0.6 is 11.8 Å². The van der Waals surface area contributed by atoms with Gasteiger partial charge in [0.1, 0.15) is 5.75 Å². The molecule has 0 unspecified atom stereocenters. The molecule has 0 aliphatic rings. The lowest BCUT2D eigenvalue weighted by atomic mass is 10.1. The van der Waals surface area contributed by atoms with Crippen LogP contribution in [0.1, 0.15) is 49.5 Å². The third-order valence-electron chi connectivity index (χ3n) is 3.86. The zero-order chi connectivity index (χ0) is 18.1. The minimum absolute atomic E-state index is 0.0186. The van der Waals surface area contributed by atoms with Gasteiger partial charge in [0.15, 0.2) is 0 Å². The zero-order valence-corrected chi connectivity index (χ0v) is 16.1. The first-order chi connectivity index (χ1) is 12.1. The van der Waals surface area contributed by atoms with Crippen molar-refractivity contribution in [1.82, 2.24) is 5.32 Å². The molecule has 2 rings (SSSR count). The van der Waals surface area contributed by atoms with Crippen molar-refractivity contribution >= 4 is 17.7 Å². The maximum atomic E-state index is 12.5. The molecule has 0 saturated heterocycles. The number of amides is 1. The van der Waals surface area contributed by atoms with Gasteiger partial charge in [-0.15, -0.1) is 11.8 Å². The highest BCUT2D eigenvalue weighted by molar-refractivity contribution is 7.98. The van der Waals surface area contributed by atoms with Crippen molar-refractivity contribution in [2.75, 3.05) is 6.61 Å². The summed E-state index contributed by atoms with van der Waals surface area (Å²) in [4.78, 5) is 13.7. The normalized spacial score (nSPS) is 11.8. The maximum Gasteiger partial charge on any atom is 0.251 e. The van der Waals surface area contributed by atoms with Gasteiger partial charge >= 0.3 is 0 Å². The Morgan fingerprint density at radius 3 is 2.60 bits per heavy atom. The number of carbonyl (C=O) groups is 1. The Labute approximate surface area is 155 Å². The molecule has 0 radical (unpaired) electrons. The van der Waals surface area contributed by atoms with E-state index < -0.39 is 0 Å².